The van der Waals surface area contributed by atoms with Gasteiger partial charge in [-0.25, -0.2) is 13.1 Å². The van der Waals surface area contributed by atoms with Crippen LogP contribution in [0.5, 0.6) is 5.75 Å². The number of hydrogen-bond donors (Lipinski definition) is 1. The molecule has 0 aliphatic carbocycles. The summed E-state index contributed by atoms with van der Waals surface area (Å²) in [6.07, 6.45) is 3.22. The van der Waals surface area contributed by atoms with Crippen molar-refractivity contribution in [3.63, 3.8) is 0 Å². The molecule has 0 aliphatic heterocycles. The van der Waals surface area contributed by atoms with Crippen molar-refractivity contribution in [2.75, 3.05) is 6.61 Å². The molecule has 2 aromatic rings. The molecule has 1 aromatic heterocycles. The molecule has 0 spiro atoms. The first kappa shape index (κ1) is 15.8. The van der Waals surface area contributed by atoms with E-state index in [0.717, 1.165) is 5.56 Å². The third-order valence-corrected chi connectivity index (χ3v) is 4.42. The molecule has 1 heterocycles. The van der Waals surface area contributed by atoms with Crippen LogP contribution in [0.25, 0.3) is 0 Å². The Bertz CT molecular complexity index is 705. The highest BCUT2D eigenvalue weighted by molar-refractivity contribution is 7.89. The fourth-order valence-corrected chi connectivity index (χ4v) is 3.03. The van der Waals surface area contributed by atoms with Gasteiger partial charge in [0, 0.05) is 18.9 Å². The molecule has 0 saturated carbocycles. The number of rotatable bonds is 6. The zero-order valence-electron chi connectivity index (χ0n) is 11.4. The van der Waals surface area contributed by atoms with Gasteiger partial charge in [0.05, 0.1) is 16.5 Å². The van der Waals surface area contributed by atoms with Gasteiger partial charge in [0.15, 0.2) is 0 Å². The summed E-state index contributed by atoms with van der Waals surface area (Å²) >= 11 is 6.01. The molecule has 1 aromatic carbocycles. The minimum atomic E-state index is -3.62. The average molecular weight is 327 g/mol. The Labute approximate surface area is 129 Å². The van der Waals surface area contributed by atoms with E-state index in [2.05, 4.69) is 9.71 Å². The quantitative estimate of drug-likeness (QED) is 0.886. The zero-order valence-corrected chi connectivity index (χ0v) is 13.0. The molecule has 1 N–H and O–H groups in total. The van der Waals surface area contributed by atoms with Crippen LogP contribution < -0.4 is 9.46 Å². The summed E-state index contributed by atoms with van der Waals surface area (Å²) in [6.45, 7) is 2.49. The standard InChI is InChI=1S/C14H15ClN2O3S/c1-2-20-14-4-3-12(9-13(14)15)21(18,19)17-10-11-5-7-16-8-6-11/h3-9,17H,2,10H2,1H3. The molecule has 5 nitrogen and oxygen atoms in total. The van der Waals surface area contributed by atoms with Gasteiger partial charge in [-0.1, -0.05) is 11.6 Å². The Hall–Kier alpha value is -1.63. The van der Waals surface area contributed by atoms with Crippen molar-refractivity contribution in [3.05, 3.63) is 53.3 Å². The Morgan fingerprint density at radius 3 is 2.57 bits per heavy atom. The normalized spacial score (nSPS) is 11.3. The second-order valence-electron chi connectivity index (χ2n) is 4.21. The lowest BCUT2D eigenvalue weighted by Crippen LogP contribution is -2.23. The molecule has 2 rings (SSSR count). The summed E-state index contributed by atoms with van der Waals surface area (Å²) in [5, 5.41) is 0.267. The van der Waals surface area contributed by atoms with E-state index in [0.29, 0.717) is 12.4 Å². The molecule has 0 aliphatic rings. The van der Waals surface area contributed by atoms with Gasteiger partial charge in [0.2, 0.25) is 10.0 Å². The highest BCUT2D eigenvalue weighted by Crippen LogP contribution is 2.27. The molecule has 21 heavy (non-hydrogen) atoms. The number of hydrogen-bond acceptors (Lipinski definition) is 4. The number of pyridine rings is 1. The summed E-state index contributed by atoms with van der Waals surface area (Å²) in [6, 6.07) is 7.88. The predicted octanol–water partition coefficient (Wildman–Crippen LogP) is 2.61. The first-order valence-electron chi connectivity index (χ1n) is 6.34. The maximum Gasteiger partial charge on any atom is 0.240 e. The summed E-state index contributed by atoms with van der Waals surface area (Å²) in [5.74, 6) is 0.465. The molecule has 7 heteroatoms. The maximum absolute atomic E-state index is 12.2. The third-order valence-electron chi connectivity index (χ3n) is 2.73. The van der Waals surface area contributed by atoms with Crippen molar-refractivity contribution in [2.24, 2.45) is 0 Å². The molecule has 0 unspecified atom stereocenters. The van der Waals surface area contributed by atoms with Gasteiger partial charge < -0.3 is 4.74 Å². The lowest BCUT2D eigenvalue weighted by Gasteiger charge is -2.09. The second kappa shape index (κ2) is 6.89. The van der Waals surface area contributed by atoms with Gasteiger partial charge in [0.1, 0.15) is 5.75 Å². The van der Waals surface area contributed by atoms with Gasteiger partial charge in [0.25, 0.3) is 0 Å². The number of nitrogens with one attached hydrogen (secondary N) is 1. The number of benzene rings is 1. The van der Waals surface area contributed by atoms with Crippen molar-refractivity contribution < 1.29 is 13.2 Å². The molecule has 0 bridgehead atoms. The molecule has 0 radical (unpaired) electrons. The van der Waals surface area contributed by atoms with Crippen LogP contribution in [0.15, 0.2) is 47.6 Å². The van der Waals surface area contributed by atoms with Crippen molar-refractivity contribution in [3.8, 4) is 5.75 Å². The molecule has 0 atom stereocenters. The van der Waals surface area contributed by atoms with Crippen LogP contribution in [-0.4, -0.2) is 20.0 Å². The van der Waals surface area contributed by atoms with Crippen LogP contribution in [0.4, 0.5) is 0 Å². The maximum atomic E-state index is 12.2. The first-order valence-corrected chi connectivity index (χ1v) is 8.20. The Morgan fingerprint density at radius 1 is 1.24 bits per heavy atom. The van der Waals surface area contributed by atoms with Gasteiger partial charge in [-0.15, -0.1) is 0 Å². The Balaban J connectivity index is 2.14. The lowest BCUT2D eigenvalue weighted by atomic mass is 10.3. The molecule has 112 valence electrons. The summed E-state index contributed by atoms with van der Waals surface area (Å²) in [7, 11) is -3.62. The smallest absolute Gasteiger partial charge is 0.240 e. The van der Waals surface area contributed by atoms with E-state index in [1.54, 1.807) is 30.6 Å². The lowest BCUT2D eigenvalue weighted by molar-refractivity contribution is 0.340. The van der Waals surface area contributed by atoms with Crippen molar-refractivity contribution >= 4 is 21.6 Å². The van der Waals surface area contributed by atoms with E-state index in [1.807, 2.05) is 6.92 Å². The van der Waals surface area contributed by atoms with Crippen LogP contribution in [0.2, 0.25) is 5.02 Å². The first-order chi connectivity index (χ1) is 10.0. The molecular weight excluding hydrogens is 312 g/mol. The van der Waals surface area contributed by atoms with Crippen molar-refractivity contribution in [2.45, 2.75) is 18.4 Å². The van der Waals surface area contributed by atoms with Crippen LogP contribution >= 0.6 is 11.6 Å². The Morgan fingerprint density at radius 2 is 1.95 bits per heavy atom. The molecule has 0 saturated heterocycles. The van der Waals surface area contributed by atoms with Gasteiger partial charge in [-0.2, -0.15) is 0 Å². The minimum Gasteiger partial charge on any atom is -0.492 e. The minimum absolute atomic E-state index is 0.102. The monoisotopic (exact) mass is 326 g/mol. The zero-order chi connectivity index (χ0) is 15.3. The van der Waals surface area contributed by atoms with Crippen molar-refractivity contribution in [1.82, 2.24) is 9.71 Å². The summed E-state index contributed by atoms with van der Waals surface area (Å²) in [5.41, 5.74) is 0.825. The number of nitrogens with zero attached hydrogens (tertiary/aromatic N) is 1. The van der Waals surface area contributed by atoms with E-state index >= 15 is 0 Å². The van der Waals surface area contributed by atoms with Crippen LogP contribution in [-0.2, 0) is 16.6 Å². The van der Waals surface area contributed by atoms with Crippen LogP contribution in [0, 0.1) is 0 Å². The SMILES string of the molecule is CCOc1ccc(S(=O)(=O)NCc2ccncc2)cc1Cl. The molecular formula is C14H15ClN2O3S. The average Bonchev–Trinajstić information content (AvgIpc) is 2.48. The van der Waals surface area contributed by atoms with E-state index in [-0.39, 0.29) is 16.5 Å². The second-order valence-corrected chi connectivity index (χ2v) is 6.38. The highest BCUT2D eigenvalue weighted by Gasteiger charge is 2.15. The largest absolute Gasteiger partial charge is 0.492 e. The highest BCUT2D eigenvalue weighted by atomic mass is 35.5. The van der Waals surface area contributed by atoms with E-state index < -0.39 is 10.0 Å². The van der Waals surface area contributed by atoms with Crippen LogP contribution in [0.1, 0.15) is 12.5 Å². The summed E-state index contributed by atoms with van der Waals surface area (Å²) < 4.78 is 32.2. The Kier molecular flexibility index (Phi) is 5.17. The van der Waals surface area contributed by atoms with E-state index in [9.17, 15) is 8.42 Å². The van der Waals surface area contributed by atoms with E-state index in [4.69, 9.17) is 16.3 Å². The van der Waals surface area contributed by atoms with Gasteiger partial charge in [-0.05, 0) is 42.8 Å². The van der Waals surface area contributed by atoms with E-state index in [1.165, 1.54) is 12.1 Å². The van der Waals surface area contributed by atoms with Crippen molar-refractivity contribution in [1.29, 1.82) is 0 Å². The van der Waals surface area contributed by atoms with Gasteiger partial charge >= 0.3 is 0 Å². The topological polar surface area (TPSA) is 68.3 Å². The molecule has 0 amide bonds. The fraction of sp³-hybridized carbons (Fsp3) is 0.214. The number of aromatic nitrogens is 1. The number of sulfonamides is 1. The third kappa shape index (κ3) is 4.17. The predicted molar refractivity (Wildman–Crippen MR) is 80.9 cm³/mol. The summed E-state index contributed by atoms with van der Waals surface area (Å²) in [4.78, 5) is 3.98. The van der Waals surface area contributed by atoms with Gasteiger partial charge in [-0.3, -0.25) is 4.98 Å². The number of halogens is 1. The van der Waals surface area contributed by atoms with Crippen LogP contribution in [0.3, 0.4) is 0 Å². The fourth-order valence-electron chi connectivity index (χ4n) is 1.68. The number of ether oxygens (including phenoxy) is 1. The molecule has 0 fully saturated rings.